The number of carbonyl (C=O) groups is 1. The van der Waals surface area contributed by atoms with Gasteiger partial charge in [0.1, 0.15) is 0 Å². The van der Waals surface area contributed by atoms with Gasteiger partial charge in [-0.15, -0.1) is 0 Å². The number of hydrogen-bond acceptors (Lipinski definition) is 3. The predicted molar refractivity (Wildman–Crippen MR) is 101 cm³/mol. The lowest BCUT2D eigenvalue weighted by atomic mass is 9.81. The van der Waals surface area contributed by atoms with Crippen LogP contribution in [0, 0.1) is 0 Å². The van der Waals surface area contributed by atoms with Crippen molar-refractivity contribution in [1.82, 2.24) is 10.2 Å². The number of H-pyrrole nitrogens is 1. The molecule has 1 N–H and O–H groups in total. The third-order valence-corrected chi connectivity index (χ3v) is 5.93. The molecule has 2 aromatic carbocycles. The van der Waals surface area contributed by atoms with Gasteiger partial charge < -0.3 is 4.90 Å². The van der Waals surface area contributed by atoms with E-state index < -0.39 is 0 Å². The lowest BCUT2D eigenvalue weighted by molar-refractivity contribution is 0.0981. The summed E-state index contributed by atoms with van der Waals surface area (Å²) in [5.74, 6) is -0.145. The molecule has 0 bridgehead atoms. The summed E-state index contributed by atoms with van der Waals surface area (Å²) < 4.78 is 0. The van der Waals surface area contributed by atoms with E-state index in [4.69, 9.17) is 0 Å². The molecular formula is C21H19N3O2. The van der Waals surface area contributed by atoms with E-state index in [1.54, 1.807) is 18.2 Å². The fourth-order valence-electron chi connectivity index (χ4n) is 4.70. The van der Waals surface area contributed by atoms with E-state index >= 15 is 0 Å². The smallest absolute Gasteiger partial charge is 0.279 e. The summed E-state index contributed by atoms with van der Waals surface area (Å²) in [6.07, 6.45) is 4.65. The van der Waals surface area contributed by atoms with Crippen LogP contribution >= 0.6 is 0 Å². The van der Waals surface area contributed by atoms with Crippen molar-refractivity contribution in [2.75, 3.05) is 11.4 Å². The molecule has 26 heavy (non-hydrogen) atoms. The van der Waals surface area contributed by atoms with Crippen LogP contribution < -0.4 is 10.5 Å². The number of aromatic amines is 1. The van der Waals surface area contributed by atoms with Crippen LogP contribution in [-0.4, -0.2) is 22.6 Å². The van der Waals surface area contributed by atoms with Crippen molar-refractivity contribution in [3.05, 3.63) is 70.1 Å². The first-order valence-corrected chi connectivity index (χ1v) is 9.08. The number of carbonyl (C=O) groups excluding carboxylic acids is 1. The molecule has 1 spiro atoms. The summed E-state index contributed by atoms with van der Waals surface area (Å²) in [5.41, 5.74) is 2.37. The Kier molecular flexibility index (Phi) is 3.26. The molecule has 1 amide bonds. The third kappa shape index (κ3) is 2.06. The first-order chi connectivity index (χ1) is 12.7. The van der Waals surface area contributed by atoms with E-state index in [2.05, 4.69) is 22.3 Å². The second kappa shape index (κ2) is 5.53. The molecule has 3 aromatic rings. The average molecular weight is 345 g/mol. The van der Waals surface area contributed by atoms with Crippen LogP contribution in [-0.2, 0) is 5.41 Å². The minimum absolute atomic E-state index is 0.0737. The highest BCUT2D eigenvalue weighted by Gasteiger charge is 2.46. The van der Waals surface area contributed by atoms with Gasteiger partial charge in [-0.25, -0.2) is 5.10 Å². The number of benzene rings is 2. The molecule has 1 aliphatic heterocycles. The van der Waals surface area contributed by atoms with Crippen LogP contribution in [0.15, 0.2) is 53.3 Å². The van der Waals surface area contributed by atoms with Gasteiger partial charge in [0.2, 0.25) is 0 Å². The maximum absolute atomic E-state index is 13.4. The zero-order chi connectivity index (χ0) is 17.7. The minimum atomic E-state index is -0.272. The van der Waals surface area contributed by atoms with Crippen molar-refractivity contribution in [2.45, 2.75) is 31.1 Å². The van der Waals surface area contributed by atoms with Gasteiger partial charge in [-0.1, -0.05) is 49.2 Å². The lowest BCUT2D eigenvalue weighted by Crippen LogP contribution is -2.36. The van der Waals surface area contributed by atoms with Crippen molar-refractivity contribution in [3.8, 4) is 0 Å². The molecule has 5 rings (SSSR count). The van der Waals surface area contributed by atoms with Gasteiger partial charge in [0.15, 0.2) is 5.69 Å². The van der Waals surface area contributed by atoms with Gasteiger partial charge in [-0.05, 0) is 30.5 Å². The molecule has 0 saturated heterocycles. The number of aromatic nitrogens is 2. The average Bonchev–Trinajstić information content (AvgIpc) is 3.28. The Labute approximate surface area is 150 Å². The van der Waals surface area contributed by atoms with E-state index in [0.717, 1.165) is 18.5 Å². The van der Waals surface area contributed by atoms with Crippen LogP contribution in [0.1, 0.15) is 41.7 Å². The highest BCUT2D eigenvalue weighted by atomic mass is 16.2. The zero-order valence-corrected chi connectivity index (χ0v) is 14.4. The maximum Gasteiger partial charge on any atom is 0.279 e. The molecule has 1 fully saturated rings. The van der Waals surface area contributed by atoms with E-state index in [-0.39, 0.29) is 16.9 Å². The Hall–Kier alpha value is -2.95. The predicted octanol–water partition coefficient (Wildman–Crippen LogP) is 3.40. The molecule has 0 unspecified atom stereocenters. The Morgan fingerprint density at radius 3 is 2.50 bits per heavy atom. The molecule has 5 heteroatoms. The number of amides is 1. The zero-order valence-electron chi connectivity index (χ0n) is 14.4. The molecule has 2 aliphatic rings. The molecule has 2 heterocycles. The van der Waals surface area contributed by atoms with Crippen molar-refractivity contribution in [3.63, 3.8) is 0 Å². The van der Waals surface area contributed by atoms with Crippen molar-refractivity contribution >= 4 is 22.4 Å². The number of nitrogens with one attached hydrogen (secondary N) is 1. The van der Waals surface area contributed by atoms with Crippen molar-refractivity contribution in [2.24, 2.45) is 0 Å². The van der Waals surface area contributed by atoms with Gasteiger partial charge >= 0.3 is 0 Å². The van der Waals surface area contributed by atoms with Crippen molar-refractivity contribution in [1.29, 1.82) is 0 Å². The minimum Gasteiger partial charge on any atom is -0.306 e. The third-order valence-electron chi connectivity index (χ3n) is 5.93. The summed E-state index contributed by atoms with van der Waals surface area (Å²) in [6.45, 7) is 0.695. The van der Waals surface area contributed by atoms with Crippen LogP contribution in [0.2, 0.25) is 0 Å². The highest BCUT2D eigenvalue weighted by Crippen LogP contribution is 2.50. The molecule has 1 saturated carbocycles. The number of fused-ring (bicyclic) bond motifs is 3. The Morgan fingerprint density at radius 2 is 1.69 bits per heavy atom. The Morgan fingerprint density at radius 1 is 1.00 bits per heavy atom. The second-order valence-electron chi connectivity index (χ2n) is 7.34. The first-order valence-electron chi connectivity index (χ1n) is 9.08. The second-order valence-corrected chi connectivity index (χ2v) is 7.34. The SMILES string of the molecule is O=C(c1n[nH]c(=O)c2ccccc12)N1CC2(CCCC2)c2ccccc21. The molecule has 5 nitrogen and oxygen atoms in total. The molecule has 1 aliphatic carbocycles. The van der Waals surface area contributed by atoms with E-state index in [1.165, 1.54) is 18.4 Å². The summed E-state index contributed by atoms with van der Waals surface area (Å²) in [4.78, 5) is 27.3. The Balaban J connectivity index is 1.65. The van der Waals surface area contributed by atoms with Gasteiger partial charge in [0.05, 0.1) is 5.39 Å². The van der Waals surface area contributed by atoms with Crippen LogP contribution in [0.5, 0.6) is 0 Å². The van der Waals surface area contributed by atoms with Crippen LogP contribution in [0.4, 0.5) is 5.69 Å². The van der Waals surface area contributed by atoms with Crippen LogP contribution in [0.25, 0.3) is 10.8 Å². The molecule has 130 valence electrons. The summed E-state index contributed by atoms with van der Waals surface area (Å²) in [5, 5.41) is 7.69. The fourth-order valence-corrected chi connectivity index (χ4v) is 4.70. The van der Waals surface area contributed by atoms with E-state index in [1.807, 2.05) is 23.1 Å². The standard InChI is InChI=1S/C21H19N3O2/c25-19-15-8-2-1-7-14(15)18(22-23-19)20(26)24-13-21(11-5-6-12-21)16-9-3-4-10-17(16)24/h1-4,7-10H,5-6,11-13H2,(H,23,25). The molecule has 0 radical (unpaired) electrons. The summed E-state index contributed by atoms with van der Waals surface area (Å²) in [7, 11) is 0. The van der Waals surface area contributed by atoms with Gasteiger partial charge in [0, 0.05) is 23.0 Å². The number of para-hydroxylation sites is 1. The number of nitrogens with zero attached hydrogens (tertiary/aromatic N) is 2. The number of rotatable bonds is 1. The highest BCUT2D eigenvalue weighted by molar-refractivity contribution is 6.13. The summed E-state index contributed by atoms with van der Waals surface area (Å²) >= 11 is 0. The van der Waals surface area contributed by atoms with Gasteiger partial charge in [0.25, 0.3) is 11.5 Å². The lowest BCUT2D eigenvalue weighted by Gasteiger charge is -2.24. The molecular weight excluding hydrogens is 326 g/mol. The summed E-state index contributed by atoms with van der Waals surface area (Å²) in [6, 6.07) is 15.4. The Bertz CT molecular complexity index is 1080. The van der Waals surface area contributed by atoms with Gasteiger partial charge in [-0.2, -0.15) is 5.10 Å². The van der Waals surface area contributed by atoms with Gasteiger partial charge in [-0.3, -0.25) is 9.59 Å². The van der Waals surface area contributed by atoms with Crippen LogP contribution in [0.3, 0.4) is 0 Å². The monoisotopic (exact) mass is 345 g/mol. The van der Waals surface area contributed by atoms with E-state index in [0.29, 0.717) is 23.0 Å². The topological polar surface area (TPSA) is 66.1 Å². The van der Waals surface area contributed by atoms with Crippen molar-refractivity contribution < 1.29 is 4.79 Å². The fraction of sp³-hybridized carbons (Fsp3) is 0.286. The normalized spacial score (nSPS) is 17.8. The quantitative estimate of drug-likeness (QED) is 0.735. The number of hydrogen-bond donors (Lipinski definition) is 1. The number of anilines is 1. The molecule has 0 atom stereocenters. The van der Waals surface area contributed by atoms with E-state index in [9.17, 15) is 9.59 Å². The maximum atomic E-state index is 13.4. The largest absolute Gasteiger partial charge is 0.306 e. The molecule has 1 aromatic heterocycles. The first kappa shape index (κ1) is 15.3.